The van der Waals surface area contributed by atoms with E-state index < -0.39 is 10.7 Å². The average Bonchev–Trinajstić information content (AvgIpc) is 2.38. The molecule has 0 saturated carbocycles. The minimum absolute atomic E-state index is 0.698. The third kappa shape index (κ3) is 2.66. The lowest BCUT2D eigenvalue weighted by Gasteiger charge is -2.18. The number of benzene rings is 1. The molecule has 0 aliphatic rings. The Kier molecular flexibility index (Phi) is 3.66. The van der Waals surface area contributed by atoms with Gasteiger partial charge in [-0.3, -0.25) is 4.79 Å². The van der Waals surface area contributed by atoms with Crippen molar-refractivity contribution in [3.63, 3.8) is 0 Å². The molecule has 0 unspecified atom stereocenters. The SMILES string of the molecule is COc1cccc2c(SC(C)(C)C(=O)O)nccc12. The third-order valence-corrected chi connectivity index (χ3v) is 4.02. The normalized spacial score (nSPS) is 11.5. The van der Waals surface area contributed by atoms with Crippen molar-refractivity contribution in [2.24, 2.45) is 0 Å². The highest BCUT2D eigenvalue weighted by molar-refractivity contribution is 8.01. The number of ether oxygens (including phenoxy) is 1. The minimum Gasteiger partial charge on any atom is -0.496 e. The van der Waals surface area contributed by atoms with E-state index in [1.54, 1.807) is 27.2 Å². The highest BCUT2D eigenvalue weighted by Gasteiger charge is 2.29. The molecule has 0 saturated heterocycles. The first-order chi connectivity index (χ1) is 8.95. The number of nitrogens with zero attached hydrogens (tertiary/aromatic N) is 1. The van der Waals surface area contributed by atoms with Crippen LogP contribution in [0.15, 0.2) is 35.5 Å². The average molecular weight is 277 g/mol. The van der Waals surface area contributed by atoms with E-state index in [0.717, 1.165) is 16.5 Å². The van der Waals surface area contributed by atoms with Crippen molar-refractivity contribution in [3.8, 4) is 5.75 Å². The molecule has 0 spiro atoms. The standard InChI is InChI=1S/C14H15NO3S/c1-14(2,13(16)17)19-12-10-5-4-6-11(18-3)9(10)7-8-15-12/h4-8H,1-3H3,(H,16,17). The number of fused-ring (bicyclic) bond motifs is 1. The molecule has 0 radical (unpaired) electrons. The van der Waals surface area contributed by atoms with E-state index in [9.17, 15) is 9.90 Å². The van der Waals surface area contributed by atoms with Crippen molar-refractivity contribution in [2.75, 3.05) is 7.11 Å². The van der Waals surface area contributed by atoms with Crippen LogP contribution in [0.4, 0.5) is 0 Å². The summed E-state index contributed by atoms with van der Waals surface area (Å²) in [5.41, 5.74) is 0. The Morgan fingerprint density at radius 1 is 1.32 bits per heavy atom. The number of carboxylic acid groups (broad SMARTS) is 1. The van der Waals surface area contributed by atoms with Gasteiger partial charge in [0.1, 0.15) is 15.5 Å². The second-order valence-corrected chi connectivity index (χ2v) is 6.20. The van der Waals surface area contributed by atoms with Gasteiger partial charge in [0.25, 0.3) is 0 Å². The molecule has 5 heteroatoms. The van der Waals surface area contributed by atoms with Crippen LogP contribution in [0, 0.1) is 0 Å². The number of rotatable bonds is 4. The summed E-state index contributed by atoms with van der Waals surface area (Å²) in [7, 11) is 1.61. The number of pyridine rings is 1. The lowest BCUT2D eigenvalue weighted by Crippen LogP contribution is -2.27. The number of aromatic nitrogens is 1. The summed E-state index contributed by atoms with van der Waals surface area (Å²) in [6, 6.07) is 7.54. The maximum atomic E-state index is 11.2. The highest BCUT2D eigenvalue weighted by atomic mass is 32.2. The summed E-state index contributed by atoms with van der Waals surface area (Å²) in [5.74, 6) is -0.103. The molecule has 1 aromatic carbocycles. The van der Waals surface area contributed by atoms with E-state index >= 15 is 0 Å². The Labute approximate surface area is 115 Å². The van der Waals surface area contributed by atoms with E-state index in [-0.39, 0.29) is 0 Å². The second-order valence-electron chi connectivity index (χ2n) is 4.59. The van der Waals surface area contributed by atoms with Gasteiger partial charge in [0, 0.05) is 17.0 Å². The zero-order valence-electron chi connectivity index (χ0n) is 11.0. The number of hydrogen-bond acceptors (Lipinski definition) is 4. The first kappa shape index (κ1) is 13.7. The van der Waals surface area contributed by atoms with Crippen LogP contribution in [0.1, 0.15) is 13.8 Å². The number of methoxy groups -OCH3 is 1. The molecule has 2 aromatic rings. The van der Waals surface area contributed by atoms with Crippen LogP contribution in [0.5, 0.6) is 5.75 Å². The molecule has 2 rings (SSSR count). The second kappa shape index (κ2) is 5.09. The van der Waals surface area contributed by atoms with Gasteiger partial charge in [-0.2, -0.15) is 0 Å². The van der Waals surface area contributed by atoms with Gasteiger partial charge in [-0.15, -0.1) is 0 Å². The Morgan fingerprint density at radius 3 is 2.68 bits per heavy atom. The summed E-state index contributed by atoms with van der Waals surface area (Å²) < 4.78 is 4.38. The fourth-order valence-corrected chi connectivity index (χ4v) is 2.67. The van der Waals surface area contributed by atoms with E-state index in [2.05, 4.69) is 4.98 Å². The fourth-order valence-electron chi connectivity index (χ4n) is 1.70. The molecule has 0 aliphatic carbocycles. The van der Waals surface area contributed by atoms with Crippen LogP contribution in [0.3, 0.4) is 0 Å². The van der Waals surface area contributed by atoms with Crippen LogP contribution in [-0.2, 0) is 4.79 Å². The van der Waals surface area contributed by atoms with Crippen molar-refractivity contribution >= 4 is 28.5 Å². The summed E-state index contributed by atoms with van der Waals surface area (Å²) in [4.78, 5) is 15.5. The van der Waals surface area contributed by atoms with Crippen molar-refractivity contribution in [2.45, 2.75) is 23.6 Å². The van der Waals surface area contributed by atoms with Crippen molar-refractivity contribution in [3.05, 3.63) is 30.5 Å². The molecule has 1 N–H and O–H groups in total. The van der Waals surface area contributed by atoms with Crippen LogP contribution >= 0.6 is 11.8 Å². The summed E-state index contributed by atoms with van der Waals surface area (Å²) in [6.07, 6.45) is 1.67. The lowest BCUT2D eigenvalue weighted by atomic mass is 10.1. The predicted octanol–water partition coefficient (Wildman–Crippen LogP) is 3.20. The summed E-state index contributed by atoms with van der Waals surface area (Å²) in [5, 5.41) is 11.7. The van der Waals surface area contributed by atoms with Crippen molar-refractivity contribution in [1.82, 2.24) is 4.98 Å². The molecule has 1 aromatic heterocycles. The molecule has 100 valence electrons. The Balaban J connectivity index is 2.53. The predicted molar refractivity (Wildman–Crippen MR) is 75.9 cm³/mol. The van der Waals surface area contributed by atoms with Crippen LogP contribution in [0.2, 0.25) is 0 Å². The maximum absolute atomic E-state index is 11.2. The zero-order valence-corrected chi connectivity index (χ0v) is 11.8. The molecule has 0 amide bonds. The van der Waals surface area contributed by atoms with Gasteiger partial charge in [-0.25, -0.2) is 4.98 Å². The number of thioether (sulfide) groups is 1. The monoisotopic (exact) mass is 277 g/mol. The van der Waals surface area contributed by atoms with Gasteiger partial charge in [0.15, 0.2) is 0 Å². The van der Waals surface area contributed by atoms with Gasteiger partial charge >= 0.3 is 5.97 Å². The topological polar surface area (TPSA) is 59.4 Å². The number of aliphatic carboxylic acids is 1. The molecule has 0 fully saturated rings. The van der Waals surface area contributed by atoms with E-state index in [0.29, 0.717) is 5.03 Å². The Hall–Kier alpha value is -1.75. The van der Waals surface area contributed by atoms with Gasteiger partial charge in [-0.1, -0.05) is 23.9 Å². The van der Waals surface area contributed by atoms with Gasteiger partial charge in [0.2, 0.25) is 0 Å². The fraction of sp³-hybridized carbons (Fsp3) is 0.286. The number of carboxylic acids is 1. The molecule has 19 heavy (non-hydrogen) atoms. The van der Waals surface area contributed by atoms with Gasteiger partial charge in [0.05, 0.1) is 7.11 Å². The number of carbonyl (C=O) groups is 1. The van der Waals surface area contributed by atoms with Crippen molar-refractivity contribution < 1.29 is 14.6 Å². The third-order valence-electron chi connectivity index (χ3n) is 2.82. The van der Waals surface area contributed by atoms with Crippen LogP contribution < -0.4 is 4.74 Å². The summed E-state index contributed by atoms with van der Waals surface area (Å²) in [6.45, 7) is 3.33. The first-order valence-electron chi connectivity index (χ1n) is 5.80. The Morgan fingerprint density at radius 2 is 2.05 bits per heavy atom. The minimum atomic E-state index is -0.926. The summed E-state index contributed by atoms with van der Waals surface area (Å²) >= 11 is 1.24. The van der Waals surface area contributed by atoms with E-state index in [1.165, 1.54) is 11.8 Å². The Bertz CT molecular complexity index is 625. The zero-order chi connectivity index (χ0) is 14.0. The molecular formula is C14H15NO3S. The smallest absolute Gasteiger partial charge is 0.319 e. The lowest BCUT2D eigenvalue weighted by molar-refractivity contribution is -0.138. The molecule has 0 atom stereocenters. The number of hydrogen-bond donors (Lipinski definition) is 1. The van der Waals surface area contributed by atoms with E-state index in [4.69, 9.17) is 4.74 Å². The molecular weight excluding hydrogens is 262 g/mol. The molecule has 1 heterocycles. The molecule has 0 bridgehead atoms. The van der Waals surface area contributed by atoms with Gasteiger partial charge in [-0.05, 0) is 26.0 Å². The largest absolute Gasteiger partial charge is 0.496 e. The van der Waals surface area contributed by atoms with Crippen LogP contribution in [-0.4, -0.2) is 27.9 Å². The maximum Gasteiger partial charge on any atom is 0.319 e. The van der Waals surface area contributed by atoms with Gasteiger partial charge < -0.3 is 9.84 Å². The molecule has 4 nitrogen and oxygen atoms in total. The van der Waals surface area contributed by atoms with E-state index in [1.807, 2.05) is 24.3 Å². The quantitative estimate of drug-likeness (QED) is 0.870. The highest BCUT2D eigenvalue weighted by Crippen LogP contribution is 2.37. The molecule has 0 aliphatic heterocycles. The first-order valence-corrected chi connectivity index (χ1v) is 6.61. The van der Waals surface area contributed by atoms with Crippen molar-refractivity contribution in [1.29, 1.82) is 0 Å². The van der Waals surface area contributed by atoms with Crippen LogP contribution in [0.25, 0.3) is 10.8 Å².